The highest BCUT2D eigenvalue weighted by Gasteiger charge is 2.06. The number of nitrogens with one attached hydrogen (secondary N) is 3. The normalized spacial score (nSPS) is 12.0. The van der Waals surface area contributed by atoms with Crippen molar-refractivity contribution in [3.05, 3.63) is 51.7 Å². The molecular formula is C16H21N3OS. The van der Waals surface area contributed by atoms with Gasteiger partial charge in [-0.15, -0.1) is 11.3 Å². The molecule has 112 valence electrons. The van der Waals surface area contributed by atoms with Crippen molar-refractivity contribution in [2.24, 2.45) is 0 Å². The fourth-order valence-electron chi connectivity index (χ4n) is 1.98. The minimum atomic E-state index is -0.185. The molecule has 0 aliphatic heterocycles. The molecule has 1 heterocycles. The summed E-state index contributed by atoms with van der Waals surface area (Å²) in [6.07, 6.45) is 0. The number of rotatable bonds is 5. The first-order valence-corrected chi connectivity index (χ1v) is 7.77. The minimum Gasteiger partial charge on any atom is -0.333 e. The predicted octanol–water partition coefficient (Wildman–Crippen LogP) is 3.66. The monoisotopic (exact) mass is 303 g/mol. The van der Waals surface area contributed by atoms with Crippen molar-refractivity contribution in [1.82, 2.24) is 10.6 Å². The summed E-state index contributed by atoms with van der Waals surface area (Å²) in [5.41, 5.74) is 1.94. The third-order valence-corrected chi connectivity index (χ3v) is 4.30. The van der Waals surface area contributed by atoms with Crippen molar-refractivity contribution in [2.45, 2.75) is 26.4 Å². The van der Waals surface area contributed by atoms with Crippen molar-refractivity contribution in [2.75, 3.05) is 12.4 Å². The van der Waals surface area contributed by atoms with Gasteiger partial charge in [-0.05, 0) is 50.7 Å². The van der Waals surface area contributed by atoms with E-state index >= 15 is 0 Å². The van der Waals surface area contributed by atoms with Crippen molar-refractivity contribution in [3.63, 3.8) is 0 Å². The van der Waals surface area contributed by atoms with E-state index in [1.54, 1.807) is 11.3 Å². The van der Waals surface area contributed by atoms with E-state index < -0.39 is 0 Å². The molecule has 1 aromatic heterocycles. The van der Waals surface area contributed by atoms with Crippen molar-refractivity contribution in [1.29, 1.82) is 0 Å². The van der Waals surface area contributed by atoms with Crippen LogP contribution in [0.15, 0.2) is 36.4 Å². The SMILES string of the molecule is CNC(C)c1cccc(NC(=O)NCc2ccc(C)s2)c1. The van der Waals surface area contributed by atoms with Crippen LogP contribution in [-0.2, 0) is 6.54 Å². The topological polar surface area (TPSA) is 53.2 Å². The van der Waals surface area contributed by atoms with Gasteiger partial charge in [0.2, 0.25) is 0 Å². The molecule has 0 saturated carbocycles. The molecule has 0 aliphatic carbocycles. The number of urea groups is 1. The van der Waals surface area contributed by atoms with E-state index in [0.717, 1.165) is 16.1 Å². The minimum absolute atomic E-state index is 0.185. The second-order valence-corrected chi connectivity index (χ2v) is 6.33. The molecule has 2 aromatic rings. The van der Waals surface area contributed by atoms with Gasteiger partial charge in [0.15, 0.2) is 0 Å². The third-order valence-electron chi connectivity index (χ3n) is 3.30. The lowest BCUT2D eigenvalue weighted by Gasteiger charge is -2.13. The Morgan fingerprint density at radius 3 is 2.76 bits per heavy atom. The van der Waals surface area contributed by atoms with Crippen LogP contribution in [-0.4, -0.2) is 13.1 Å². The quantitative estimate of drug-likeness (QED) is 0.789. The first kappa shape index (κ1) is 15.5. The summed E-state index contributed by atoms with van der Waals surface area (Å²) in [6, 6.07) is 12.0. The molecule has 4 nitrogen and oxygen atoms in total. The molecule has 0 saturated heterocycles. The summed E-state index contributed by atoms with van der Waals surface area (Å²) in [7, 11) is 1.92. The summed E-state index contributed by atoms with van der Waals surface area (Å²) < 4.78 is 0. The van der Waals surface area contributed by atoms with Crippen LogP contribution < -0.4 is 16.0 Å². The van der Waals surface area contributed by atoms with Gasteiger partial charge in [0.25, 0.3) is 0 Å². The Hall–Kier alpha value is -1.85. The number of benzene rings is 1. The molecule has 0 spiro atoms. The van der Waals surface area contributed by atoms with Gasteiger partial charge in [-0.2, -0.15) is 0 Å². The van der Waals surface area contributed by atoms with Gasteiger partial charge in [0, 0.05) is 21.5 Å². The van der Waals surface area contributed by atoms with Crippen LogP contribution in [0.2, 0.25) is 0 Å². The number of anilines is 1. The number of carbonyl (C=O) groups is 1. The molecule has 21 heavy (non-hydrogen) atoms. The number of amides is 2. The standard InChI is InChI=1S/C16H21N3OS/c1-11-7-8-15(21-11)10-18-16(20)19-14-6-4-5-13(9-14)12(2)17-3/h4-9,12,17H,10H2,1-3H3,(H2,18,19,20). The van der Waals surface area contributed by atoms with Crippen LogP contribution in [0.5, 0.6) is 0 Å². The summed E-state index contributed by atoms with van der Waals surface area (Å²) in [4.78, 5) is 14.3. The van der Waals surface area contributed by atoms with Gasteiger partial charge in [0.1, 0.15) is 0 Å². The highest BCUT2D eigenvalue weighted by Crippen LogP contribution is 2.17. The van der Waals surface area contributed by atoms with Gasteiger partial charge in [0.05, 0.1) is 6.54 Å². The molecule has 2 amide bonds. The van der Waals surface area contributed by atoms with E-state index in [1.807, 2.05) is 37.4 Å². The molecule has 0 bridgehead atoms. The Bertz CT molecular complexity index is 609. The van der Waals surface area contributed by atoms with E-state index in [0.29, 0.717) is 6.54 Å². The maximum absolute atomic E-state index is 11.9. The van der Waals surface area contributed by atoms with Crippen molar-refractivity contribution >= 4 is 23.1 Å². The smallest absolute Gasteiger partial charge is 0.319 e. The first-order valence-electron chi connectivity index (χ1n) is 6.96. The highest BCUT2D eigenvalue weighted by molar-refractivity contribution is 7.11. The third kappa shape index (κ3) is 4.58. The average Bonchev–Trinajstić information content (AvgIpc) is 2.90. The molecule has 0 fully saturated rings. The molecule has 3 N–H and O–H groups in total. The first-order chi connectivity index (χ1) is 10.1. The van der Waals surface area contributed by atoms with Crippen molar-refractivity contribution in [3.8, 4) is 0 Å². The number of hydrogen-bond donors (Lipinski definition) is 3. The zero-order valence-corrected chi connectivity index (χ0v) is 13.4. The molecule has 1 unspecified atom stereocenters. The van der Waals surface area contributed by atoms with Crippen LogP contribution in [0.3, 0.4) is 0 Å². The molecule has 0 radical (unpaired) electrons. The van der Waals surface area contributed by atoms with Gasteiger partial charge >= 0.3 is 6.03 Å². The fraction of sp³-hybridized carbons (Fsp3) is 0.312. The summed E-state index contributed by atoms with van der Waals surface area (Å²) in [6.45, 7) is 4.69. The van der Waals surface area contributed by atoms with Gasteiger partial charge in [-0.25, -0.2) is 4.79 Å². The van der Waals surface area contributed by atoms with E-state index in [4.69, 9.17) is 0 Å². The Labute approximate surface area is 129 Å². The molecule has 1 aromatic carbocycles. The lowest BCUT2D eigenvalue weighted by molar-refractivity contribution is 0.252. The molecule has 1 atom stereocenters. The Kier molecular flexibility index (Phi) is 5.36. The van der Waals surface area contributed by atoms with E-state index in [9.17, 15) is 4.79 Å². The zero-order chi connectivity index (χ0) is 15.2. The van der Waals surface area contributed by atoms with Gasteiger partial charge in [-0.3, -0.25) is 0 Å². The summed E-state index contributed by atoms with van der Waals surface area (Å²) in [5, 5.41) is 8.92. The van der Waals surface area contributed by atoms with Crippen LogP contribution in [0.25, 0.3) is 0 Å². The fourth-order valence-corrected chi connectivity index (χ4v) is 2.81. The number of hydrogen-bond acceptors (Lipinski definition) is 3. The highest BCUT2D eigenvalue weighted by atomic mass is 32.1. The van der Waals surface area contributed by atoms with E-state index in [2.05, 4.69) is 35.9 Å². The van der Waals surface area contributed by atoms with Gasteiger partial charge in [-0.1, -0.05) is 12.1 Å². The second-order valence-electron chi connectivity index (χ2n) is 4.96. The maximum atomic E-state index is 11.9. The lowest BCUT2D eigenvalue weighted by atomic mass is 10.1. The molecular weight excluding hydrogens is 282 g/mol. The Balaban J connectivity index is 1.90. The van der Waals surface area contributed by atoms with Crippen LogP contribution >= 0.6 is 11.3 Å². The Morgan fingerprint density at radius 1 is 1.29 bits per heavy atom. The summed E-state index contributed by atoms with van der Waals surface area (Å²) >= 11 is 1.69. The predicted molar refractivity (Wildman–Crippen MR) is 88.8 cm³/mol. The van der Waals surface area contributed by atoms with Crippen LogP contribution in [0, 0.1) is 6.92 Å². The zero-order valence-electron chi connectivity index (χ0n) is 12.6. The lowest BCUT2D eigenvalue weighted by Crippen LogP contribution is -2.27. The molecule has 0 aliphatic rings. The van der Waals surface area contributed by atoms with Gasteiger partial charge < -0.3 is 16.0 Å². The average molecular weight is 303 g/mol. The molecule has 5 heteroatoms. The largest absolute Gasteiger partial charge is 0.333 e. The van der Waals surface area contributed by atoms with Crippen molar-refractivity contribution < 1.29 is 4.79 Å². The maximum Gasteiger partial charge on any atom is 0.319 e. The van der Waals surface area contributed by atoms with E-state index in [1.165, 1.54) is 4.88 Å². The number of carbonyl (C=O) groups excluding carboxylic acids is 1. The molecule has 2 rings (SSSR count). The van der Waals surface area contributed by atoms with E-state index in [-0.39, 0.29) is 12.1 Å². The Morgan fingerprint density at radius 2 is 2.10 bits per heavy atom. The van der Waals surface area contributed by atoms with Crippen LogP contribution in [0.1, 0.15) is 28.3 Å². The number of aryl methyl sites for hydroxylation is 1. The van der Waals surface area contributed by atoms with Crippen LogP contribution in [0.4, 0.5) is 10.5 Å². The summed E-state index contributed by atoms with van der Waals surface area (Å²) in [5.74, 6) is 0. The number of thiophene rings is 1. The second kappa shape index (κ2) is 7.24.